The summed E-state index contributed by atoms with van der Waals surface area (Å²) in [5.41, 5.74) is 8.41. The molecule has 1 heterocycles. The molecule has 0 aliphatic rings. The standard InChI is InChI=1S/C22H25N5O2S/c1-16(15-29-2)23-22(30)25-24-21(28)19-14-27(13-17-9-5-3-6-10-17)26-20(19)18-11-7-4-8-12-18/h3-12,14,16H,13,15H2,1-2H3,(H,24,28)(H2,23,25,30)/t16-/m0/s1. The molecule has 0 saturated carbocycles. The van der Waals surface area contributed by atoms with Gasteiger partial charge in [-0.2, -0.15) is 5.10 Å². The molecule has 0 aliphatic carbocycles. The van der Waals surface area contributed by atoms with Gasteiger partial charge in [-0.25, -0.2) is 0 Å². The van der Waals surface area contributed by atoms with Crippen LogP contribution in [0.1, 0.15) is 22.8 Å². The summed E-state index contributed by atoms with van der Waals surface area (Å²) in [6, 6.07) is 19.6. The van der Waals surface area contributed by atoms with Crippen LogP contribution in [-0.4, -0.2) is 40.6 Å². The van der Waals surface area contributed by atoms with E-state index in [1.807, 2.05) is 67.6 Å². The Hall–Kier alpha value is -3.23. The van der Waals surface area contributed by atoms with Crippen LogP contribution in [0.4, 0.5) is 0 Å². The van der Waals surface area contributed by atoms with Gasteiger partial charge in [-0.3, -0.25) is 20.3 Å². The van der Waals surface area contributed by atoms with Crippen molar-refractivity contribution in [2.75, 3.05) is 13.7 Å². The van der Waals surface area contributed by atoms with Crippen LogP contribution in [0.2, 0.25) is 0 Å². The first-order chi connectivity index (χ1) is 14.6. The number of ether oxygens (including phenoxy) is 1. The number of benzene rings is 2. The van der Waals surface area contributed by atoms with Gasteiger partial charge in [0.15, 0.2) is 5.11 Å². The van der Waals surface area contributed by atoms with E-state index < -0.39 is 0 Å². The predicted octanol–water partition coefficient (Wildman–Crippen LogP) is 2.74. The molecule has 3 rings (SSSR count). The van der Waals surface area contributed by atoms with Gasteiger partial charge in [0.1, 0.15) is 5.69 Å². The molecule has 1 atom stereocenters. The van der Waals surface area contributed by atoms with E-state index in [4.69, 9.17) is 17.0 Å². The fourth-order valence-electron chi connectivity index (χ4n) is 2.98. The Labute approximate surface area is 181 Å². The Morgan fingerprint density at radius 3 is 2.43 bits per heavy atom. The number of methoxy groups -OCH3 is 1. The van der Waals surface area contributed by atoms with Crippen molar-refractivity contribution in [2.45, 2.75) is 19.5 Å². The maximum atomic E-state index is 12.9. The molecule has 156 valence electrons. The summed E-state index contributed by atoms with van der Waals surface area (Å²) in [5, 5.41) is 8.00. The first kappa shape index (κ1) is 21.5. The van der Waals surface area contributed by atoms with Crippen LogP contribution in [0, 0.1) is 0 Å². The summed E-state index contributed by atoms with van der Waals surface area (Å²) >= 11 is 5.22. The van der Waals surface area contributed by atoms with Crippen molar-refractivity contribution < 1.29 is 9.53 Å². The monoisotopic (exact) mass is 423 g/mol. The minimum absolute atomic E-state index is 0.0143. The maximum absolute atomic E-state index is 12.9. The number of nitrogens with one attached hydrogen (secondary N) is 3. The van der Waals surface area contributed by atoms with Crippen LogP contribution in [-0.2, 0) is 11.3 Å². The van der Waals surface area contributed by atoms with Gasteiger partial charge in [0.25, 0.3) is 5.91 Å². The molecule has 0 saturated heterocycles. The van der Waals surface area contributed by atoms with Gasteiger partial charge in [-0.1, -0.05) is 60.7 Å². The third kappa shape index (κ3) is 5.88. The smallest absolute Gasteiger partial charge is 0.273 e. The van der Waals surface area contributed by atoms with Gasteiger partial charge in [-0.05, 0) is 24.7 Å². The Kier molecular flexibility index (Phi) is 7.53. The van der Waals surface area contributed by atoms with Gasteiger partial charge in [0.05, 0.1) is 18.7 Å². The fourth-order valence-corrected chi connectivity index (χ4v) is 3.23. The second-order valence-electron chi connectivity index (χ2n) is 6.85. The number of hydrazine groups is 1. The average Bonchev–Trinajstić information content (AvgIpc) is 3.17. The molecule has 0 spiro atoms. The Morgan fingerprint density at radius 2 is 1.77 bits per heavy atom. The number of aromatic nitrogens is 2. The van der Waals surface area contributed by atoms with E-state index in [0.717, 1.165) is 11.1 Å². The van der Waals surface area contributed by atoms with E-state index in [2.05, 4.69) is 21.3 Å². The summed E-state index contributed by atoms with van der Waals surface area (Å²) in [4.78, 5) is 12.9. The second-order valence-corrected chi connectivity index (χ2v) is 7.26. The van der Waals surface area contributed by atoms with Crippen LogP contribution in [0.25, 0.3) is 11.3 Å². The van der Waals surface area contributed by atoms with Crippen molar-refractivity contribution in [1.29, 1.82) is 0 Å². The molecule has 2 aromatic carbocycles. The van der Waals surface area contributed by atoms with E-state index in [9.17, 15) is 4.79 Å². The lowest BCUT2D eigenvalue weighted by atomic mass is 10.1. The molecular formula is C22H25N5O2S. The topological polar surface area (TPSA) is 80.2 Å². The largest absolute Gasteiger partial charge is 0.383 e. The fraction of sp³-hybridized carbons (Fsp3) is 0.227. The lowest BCUT2D eigenvalue weighted by molar-refractivity contribution is 0.0944. The summed E-state index contributed by atoms with van der Waals surface area (Å²) in [6.07, 6.45) is 1.75. The van der Waals surface area contributed by atoms with Gasteiger partial charge in [0.2, 0.25) is 0 Å². The number of rotatable bonds is 7. The van der Waals surface area contributed by atoms with Gasteiger partial charge in [0, 0.05) is 24.9 Å². The Balaban J connectivity index is 1.76. The Morgan fingerprint density at radius 1 is 1.10 bits per heavy atom. The molecule has 0 radical (unpaired) electrons. The van der Waals surface area contributed by atoms with Crippen molar-refractivity contribution >= 4 is 23.2 Å². The van der Waals surface area contributed by atoms with Gasteiger partial charge < -0.3 is 10.1 Å². The first-order valence-electron chi connectivity index (χ1n) is 9.59. The molecule has 0 aliphatic heterocycles. The molecule has 0 fully saturated rings. The molecular weight excluding hydrogens is 398 g/mol. The van der Waals surface area contributed by atoms with Gasteiger partial charge in [-0.15, -0.1) is 0 Å². The van der Waals surface area contributed by atoms with E-state index >= 15 is 0 Å². The summed E-state index contributed by atoms with van der Waals surface area (Å²) in [5.74, 6) is -0.322. The number of hydrogen-bond acceptors (Lipinski definition) is 4. The summed E-state index contributed by atoms with van der Waals surface area (Å²) in [6.45, 7) is 3.00. The molecule has 0 bridgehead atoms. The lowest BCUT2D eigenvalue weighted by Crippen LogP contribution is -2.50. The van der Waals surface area contributed by atoms with Crippen LogP contribution in [0.3, 0.4) is 0 Å². The number of nitrogens with zero attached hydrogens (tertiary/aromatic N) is 2. The molecule has 0 unspecified atom stereocenters. The molecule has 30 heavy (non-hydrogen) atoms. The van der Waals surface area contributed by atoms with Crippen LogP contribution >= 0.6 is 12.2 Å². The lowest BCUT2D eigenvalue weighted by Gasteiger charge is -2.16. The molecule has 8 heteroatoms. The predicted molar refractivity (Wildman–Crippen MR) is 121 cm³/mol. The highest BCUT2D eigenvalue weighted by molar-refractivity contribution is 7.80. The highest BCUT2D eigenvalue weighted by atomic mass is 32.1. The minimum Gasteiger partial charge on any atom is -0.383 e. The average molecular weight is 424 g/mol. The van der Waals surface area contributed by atoms with Crippen LogP contribution in [0.5, 0.6) is 0 Å². The summed E-state index contributed by atoms with van der Waals surface area (Å²) in [7, 11) is 1.62. The second kappa shape index (κ2) is 10.5. The van der Waals surface area contributed by atoms with E-state index in [-0.39, 0.29) is 11.9 Å². The Bertz CT molecular complexity index is 976. The van der Waals surface area contributed by atoms with E-state index in [1.54, 1.807) is 18.0 Å². The first-order valence-corrected chi connectivity index (χ1v) is 10.00. The number of hydrogen-bond donors (Lipinski definition) is 3. The highest BCUT2D eigenvalue weighted by Crippen LogP contribution is 2.22. The number of carbonyl (C=O) groups is 1. The molecule has 3 aromatic rings. The third-order valence-corrected chi connectivity index (χ3v) is 4.54. The number of amides is 1. The maximum Gasteiger partial charge on any atom is 0.273 e. The highest BCUT2D eigenvalue weighted by Gasteiger charge is 2.18. The summed E-state index contributed by atoms with van der Waals surface area (Å²) < 4.78 is 6.84. The SMILES string of the molecule is COC[C@H](C)NC(=S)NNC(=O)c1cn(Cc2ccccc2)nc1-c1ccccc1. The van der Waals surface area contributed by atoms with Crippen molar-refractivity contribution in [2.24, 2.45) is 0 Å². The van der Waals surface area contributed by atoms with Crippen molar-refractivity contribution in [3.63, 3.8) is 0 Å². The third-order valence-electron chi connectivity index (χ3n) is 4.32. The van der Waals surface area contributed by atoms with Crippen molar-refractivity contribution in [1.82, 2.24) is 25.9 Å². The van der Waals surface area contributed by atoms with Crippen LogP contribution < -0.4 is 16.2 Å². The zero-order valence-electron chi connectivity index (χ0n) is 17.0. The molecule has 7 nitrogen and oxygen atoms in total. The zero-order chi connectivity index (χ0) is 21.3. The van der Waals surface area contributed by atoms with E-state index in [1.165, 1.54) is 0 Å². The zero-order valence-corrected chi connectivity index (χ0v) is 17.8. The quantitative estimate of drug-likeness (QED) is 0.401. The number of thiocarbonyl (C=S) groups is 1. The normalized spacial score (nSPS) is 11.5. The van der Waals surface area contributed by atoms with Crippen molar-refractivity contribution in [3.05, 3.63) is 78.0 Å². The van der Waals surface area contributed by atoms with Crippen molar-refractivity contribution in [3.8, 4) is 11.3 Å². The molecule has 3 N–H and O–H groups in total. The minimum atomic E-state index is -0.322. The van der Waals surface area contributed by atoms with E-state index in [0.29, 0.717) is 29.5 Å². The molecule has 1 aromatic heterocycles. The van der Waals surface area contributed by atoms with Crippen LogP contribution in [0.15, 0.2) is 66.9 Å². The van der Waals surface area contributed by atoms with Gasteiger partial charge >= 0.3 is 0 Å². The number of carbonyl (C=O) groups excluding carboxylic acids is 1. The molecule has 1 amide bonds.